The molecule has 9 heteroatoms. The number of nitrogens with one attached hydrogen (secondary N) is 2. The fourth-order valence-corrected chi connectivity index (χ4v) is 5.08. The van der Waals surface area contributed by atoms with Gasteiger partial charge < -0.3 is 14.6 Å². The summed E-state index contributed by atoms with van der Waals surface area (Å²) in [5.41, 5.74) is 7.18. The van der Waals surface area contributed by atoms with Crippen LogP contribution < -0.4 is 14.8 Å². The molecule has 1 amide bonds. The highest BCUT2D eigenvalue weighted by atomic mass is 32.2. The van der Waals surface area contributed by atoms with Gasteiger partial charge in [-0.3, -0.25) is 14.1 Å². The van der Waals surface area contributed by atoms with Crippen molar-refractivity contribution in [1.29, 1.82) is 0 Å². The number of rotatable bonds is 9. The Morgan fingerprint density at radius 3 is 2.55 bits per heavy atom. The summed E-state index contributed by atoms with van der Waals surface area (Å²) in [4.78, 5) is 18.3. The highest BCUT2D eigenvalue weighted by molar-refractivity contribution is 8.00. The highest BCUT2D eigenvalue weighted by Gasteiger charge is 2.19. The predicted octanol–water partition coefficient (Wildman–Crippen LogP) is 6.23. The van der Waals surface area contributed by atoms with E-state index in [1.807, 2.05) is 55.7 Å². The molecule has 2 aromatic heterocycles. The third kappa shape index (κ3) is 4.97. The Morgan fingerprint density at radius 2 is 1.84 bits per heavy atom. The average Bonchev–Trinajstić information content (AvgIpc) is 3.46. The van der Waals surface area contributed by atoms with Gasteiger partial charge in [0, 0.05) is 17.5 Å². The highest BCUT2D eigenvalue weighted by Crippen LogP contribution is 2.34. The molecule has 0 aliphatic heterocycles. The van der Waals surface area contributed by atoms with Crippen LogP contribution in [0, 0.1) is 13.8 Å². The van der Waals surface area contributed by atoms with Crippen LogP contribution in [0.1, 0.15) is 34.1 Å². The lowest BCUT2D eigenvalue weighted by molar-refractivity contribution is 0.0964. The minimum absolute atomic E-state index is 0.159. The normalized spacial score (nSPS) is 11.1. The summed E-state index contributed by atoms with van der Waals surface area (Å²) < 4.78 is 16.5. The molecular weight excluding hydrogens is 498 g/mol. The number of hydrogen-bond acceptors (Lipinski definition) is 7. The van der Waals surface area contributed by atoms with Gasteiger partial charge in [-0.15, -0.1) is 0 Å². The van der Waals surface area contributed by atoms with Crippen LogP contribution in [0.15, 0.2) is 76.1 Å². The number of benzene rings is 3. The van der Waals surface area contributed by atoms with Crippen LogP contribution >= 0.6 is 11.9 Å². The van der Waals surface area contributed by atoms with Gasteiger partial charge in [0.25, 0.3) is 11.9 Å². The maximum Gasteiger partial charge on any atom is 0.297 e. The van der Waals surface area contributed by atoms with Crippen molar-refractivity contribution in [1.82, 2.24) is 20.0 Å². The van der Waals surface area contributed by atoms with E-state index in [9.17, 15) is 4.79 Å². The number of carbonyl (C=O) groups is 1. The third-order valence-electron chi connectivity index (χ3n) is 6.38. The fraction of sp³-hybridized carbons (Fsp3) is 0.207. The van der Waals surface area contributed by atoms with E-state index in [1.165, 1.54) is 11.9 Å². The summed E-state index contributed by atoms with van der Waals surface area (Å²) in [6.45, 7) is 6.83. The molecule has 5 aromatic rings. The van der Waals surface area contributed by atoms with Gasteiger partial charge in [-0.05, 0) is 67.6 Å². The first kappa shape index (κ1) is 25.4. The van der Waals surface area contributed by atoms with E-state index < -0.39 is 0 Å². The number of fused-ring (bicyclic) bond motifs is 1. The number of aryl methyl sites for hydroxylation is 1. The van der Waals surface area contributed by atoms with Gasteiger partial charge in [0.05, 0.1) is 35.4 Å². The average molecular weight is 528 g/mol. The van der Waals surface area contributed by atoms with E-state index in [2.05, 4.69) is 56.6 Å². The van der Waals surface area contributed by atoms with Gasteiger partial charge in [0.15, 0.2) is 0 Å². The molecule has 3 aromatic carbocycles. The van der Waals surface area contributed by atoms with Crippen molar-refractivity contribution in [2.24, 2.45) is 0 Å². The van der Waals surface area contributed by atoms with E-state index >= 15 is 0 Å². The molecule has 2 N–H and O–H groups in total. The molecule has 0 saturated heterocycles. The topological polar surface area (TPSA) is 94.2 Å². The number of para-hydroxylation sites is 1. The van der Waals surface area contributed by atoms with Crippen LogP contribution in [0.5, 0.6) is 6.01 Å². The molecule has 0 aliphatic rings. The minimum atomic E-state index is -0.159. The lowest BCUT2D eigenvalue weighted by Crippen LogP contribution is -2.19. The Morgan fingerprint density at radius 1 is 1.05 bits per heavy atom. The van der Waals surface area contributed by atoms with Crippen molar-refractivity contribution in [3.63, 3.8) is 0 Å². The predicted molar refractivity (Wildman–Crippen MR) is 151 cm³/mol. The van der Waals surface area contributed by atoms with Crippen molar-refractivity contribution in [3.8, 4) is 17.1 Å². The summed E-state index contributed by atoms with van der Waals surface area (Å²) in [5, 5.41) is 6.74. The van der Waals surface area contributed by atoms with Gasteiger partial charge in [-0.2, -0.15) is 4.98 Å². The van der Waals surface area contributed by atoms with Crippen LogP contribution in [0.2, 0.25) is 0 Å². The molecule has 2 heterocycles. The first-order chi connectivity index (χ1) is 18.5. The summed E-state index contributed by atoms with van der Waals surface area (Å²) in [6, 6.07) is 22.7. The second kappa shape index (κ2) is 11.0. The van der Waals surface area contributed by atoms with Gasteiger partial charge in [0.2, 0.25) is 5.88 Å². The van der Waals surface area contributed by atoms with Crippen molar-refractivity contribution < 1.29 is 14.1 Å². The first-order valence-electron chi connectivity index (χ1n) is 12.4. The quantitative estimate of drug-likeness (QED) is 0.219. The van der Waals surface area contributed by atoms with Crippen LogP contribution in [-0.4, -0.2) is 34.3 Å². The van der Waals surface area contributed by atoms with E-state index in [4.69, 9.17) is 9.26 Å². The molecule has 0 unspecified atom stereocenters. The molecule has 0 fully saturated rings. The standard InChI is InChI=1S/C29H29N5O3S/c1-5-36-29-31-24-11-8-10-23(27(35)30-4)26(24)34(29)17-20-13-15-21(16-14-20)22-9-6-7-12-25(22)38-33-28-18(2)19(3)32-37-28/h6-16,33H,5,17H2,1-4H3,(H,30,35). The van der Waals surface area contributed by atoms with Crippen molar-refractivity contribution >= 4 is 34.8 Å². The zero-order valence-corrected chi connectivity index (χ0v) is 22.6. The number of carbonyl (C=O) groups excluding carboxylic acids is 1. The van der Waals surface area contributed by atoms with E-state index in [1.54, 1.807) is 7.05 Å². The number of hydrogen-bond donors (Lipinski definition) is 2. The Bertz CT molecular complexity index is 1590. The Balaban J connectivity index is 1.43. The second-order valence-electron chi connectivity index (χ2n) is 8.79. The van der Waals surface area contributed by atoms with Crippen LogP contribution in [-0.2, 0) is 6.54 Å². The molecule has 0 spiro atoms. The van der Waals surface area contributed by atoms with Crippen molar-refractivity contribution in [2.75, 3.05) is 18.4 Å². The monoisotopic (exact) mass is 527 g/mol. The number of imidazole rings is 1. The molecule has 38 heavy (non-hydrogen) atoms. The van der Waals surface area contributed by atoms with E-state index in [0.29, 0.717) is 30.6 Å². The summed E-state index contributed by atoms with van der Waals surface area (Å²) in [7, 11) is 1.63. The Kier molecular flexibility index (Phi) is 7.37. The Hall–Kier alpha value is -4.24. The van der Waals surface area contributed by atoms with Gasteiger partial charge in [0.1, 0.15) is 0 Å². The molecule has 0 aliphatic carbocycles. The number of amides is 1. The number of ether oxygens (including phenoxy) is 1. The number of aromatic nitrogens is 3. The maximum atomic E-state index is 12.6. The summed E-state index contributed by atoms with van der Waals surface area (Å²) in [6.07, 6.45) is 0. The lowest BCUT2D eigenvalue weighted by atomic mass is 10.0. The number of nitrogens with zero attached hydrogens (tertiary/aromatic N) is 3. The van der Waals surface area contributed by atoms with Crippen LogP contribution in [0.3, 0.4) is 0 Å². The first-order valence-corrected chi connectivity index (χ1v) is 13.2. The van der Waals surface area contributed by atoms with E-state index in [0.717, 1.165) is 43.9 Å². The third-order valence-corrected chi connectivity index (χ3v) is 7.24. The Labute approximate surface area is 225 Å². The van der Waals surface area contributed by atoms with Gasteiger partial charge in [-0.25, -0.2) is 0 Å². The second-order valence-corrected chi connectivity index (χ2v) is 9.63. The zero-order valence-electron chi connectivity index (χ0n) is 21.7. The molecule has 0 radical (unpaired) electrons. The zero-order chi connectivity index (χ0) is 26.6. The summed E-state index contributed by atoms with van der Waals surface area (Å²) >= 11 is 1.50. The molecule has 8 nitrogen and oxygen atoms in total. The van der Waals surface area contributed by atoms with Crippen LogP contribution in [0.4, 0.5) is 5.88 Å². The lowest BCUT2D eigenvalue weighted by Gasteiger charge is -2.13. The molecule has 0 bridgehead atoms. The minimum Gasteiger partial charge on any atom is -0.465 e. The number of anilines is 1. The molecular formula is C29H29N5O3S. The molecule has 0 saturated carbocycles. The smallest absolute Gasteiger partial charge is 0.297 e. The summed E-state index contributed by atoms with van der Waals surface area (Å²) in [5.74, 6) is 0.500. The SMILES string of the molecule is CCOc1nc2cccc(C(=O)NC)c2n1Cc1ccc(-c2ccccc2SNc2onc(C)c2C)cc1. The van der Waals surface area contributed by atoms with Crippen LogP contribution in [0.25, 0.3) is 22.2 Å². The van der Waals surface area contributed by atoms with Crippen molar-refractivity contribution in [3.05, 3.63) is 89.1 Å². The van der Waals surface area contributed by atoms with Gasteiger partial charge >= 0.3 is 0 Å². The van der Waals surface area contributed by atoms with Crippen molar-refractivity contribution in [2.45, 2.75) is 32.2 Å². The molecule has 194 valence electrons. The fourth-order valence-electron chi connectivity index (χ4n) is 4.25. The molecule has 5 rings (SSSR count). The largest absolute Gasteiger partial charge is 0.465 e. The maximum absolute atomic E-state index is 12.6. The van der Waals surface area contributed by atoms with Gasteiger partial charge in [-0.1, -0.05) is 53.7 Å². The van der Waals surface area contributed by atoms with E-state index in [-0.39, 0.29) is 5.91 Å². The molecule has 0 atom stereocenters.